The molecule has 0 saturated heterocycles. The van der Waals surface area contributed by atoms with E-state index in [2.05, 4.69) is 5.32 Å². The van der Waals surface area contributed by atoms with E-state index < -0.39 is 39.5 Å². The molecule has 0 spiro atoms. The summed E-state index contributed by atoms with van der Waals surface area (Å²) in [6.45, 7) is 3.05. The molecule has 1 rings (SSSR count). The number of nitrogens with zero attached hydrogens (tertiary/aromatic N) is 1. The van der Waals surface area contributed by atoms with Crippen molar-refractivity contribution in [3.8, 4) is 0 Å². The van der Waals surface area contributed by atoms with Gasteiger partial charge in [0.1, 0.15) is 11.5 Å². The zero-order chi connectivity index (χ0) is 16.4. The summed E-state index contributed by atoms with van der Waals surface area (Å²) in [6.07, 6.45) is -0.157. The first kappa shape index (κ1) is 16.3. The molecule has 0 aliphatic heterocycles. The molecule has 0 fully saturated rings. The van der Waals surface area contributed by atoms with Crippen LogP contribution in [-0.4, -0.2) is 22.3 Å². The quantitative estimate of drug-likeness (QED) is 0.416. The van der Waals surface area contributed by atoms with E-state index >= 15 is 0 Å². The van der Waals surface area contributed by atoms with E-state index in [4.69, 9.17) is 11.5 Å². The summed E-state index contributed by atoms with van der Waals surface area (Å²) in [7, 11) is 0. The van der Waals surface area contributed by atoms with E-state index in [0.29, 0.717) is 6.07 Å². The molecule has 5 N–H and O–H groups in total. The Hall–Kier alpha value is -2.71. The molecular weight excluding hydrogens is 283 g/mol. The third-order valence-corrected chi connectivity index (χ3v) is 2.63. The number of nitrogens with one attached hydrogen (secondary N) is 1. The Morgan fingerprint density at radius 1 is 1.43 bits per heavy atom. The highest BCUT2D eigenvalue weighted by molar-refractivity contribution is 6.01. The van der Waals surface area contributed by atoms with Crippen molar-refractivity contribution in [1.82, 2.24) is 5.32 Å². The van der Waals surface area contributed by atoms with Gasteiger partial charge >= 0.3 is 0 Å². The van der Waals surface area contributed by atoms with Crippen molar-refractivity contribution in [1.29, 1.82) is 0 Å². The topological polar surface area (TPSA) is 141 Å². The molecule has 8 nitrogen and oxygen atoms in total. The van der Waals surface area contributed by atoms with Gasteiger partial charge < -0.3 is 16.8 Å². The lowest BCUT2D eigenvalue weighted by Gasteiger charge is -2.25. The number of anilines is 1. The predicted octanol–water partition coefficient (Wildman–Crippen LogP) is 0.700. The van der Waals surface area contributed by atoms with Crippen LogP contribution in [0.5, 0.6) is 0 Å². The normalized spacial score (nSPS) is 11.0. The minimum atomic E-state index is -1.00. The molecule has 0 unspecified atom stereocenters. The van der Waals surface area contributed by atoms with E-state index in [0.717, 1.165) is 6.07 Å². The Bertz CT molecular complexity index is 616. The van der Waals surface area contributed by atoms with Gasteiger partial charge in [-0.25, -0.2) is 4.39 Å². The highest BCUT2D eigenvalue weighted by Crippen LogP contribution is 2.27. The van der Waals surface area contributed by atoms with E-state index in [-0.39, 0.29) is 12.0 Å². The number of nitrogens with two attached hydrogens (primary N) is 2. The van der Waals surface area contributed by atoms with Crippen LogP contribution in [0.3, 0.4) is 0 Å². The number of nitro groups is 1. The smallest absolute Gasteiger partial charge is 0.295 e. The first-order valence-electron chi connectivity index (χ1n) is 5.88. The van der Waals surface area contributed by atoms with Crippen LogP contribution in [0.25, 0.3) is 0 Å². The summed E-state index contributed by atoms with van der Waals surface area (Å²) in [5.41, 5.74) is 8.03. The number of carbonyl (C=O) groups is 2. The lowest BCUT2D eigenvalue weighted by atomic mass is 9.99. The maximum Gasteiger partial charge on any atom is 0.295 e. The van der Waals surface area contributed by atoms with Crippen molar-refractivity contribution < 1.29 is 18.9 Å². The fraction of sp³-hybridized carbons (Fsp3) is 0.333. The number of hydrogen-bond acceptors (Lipinski definition) is 5. The Kier molecular flexibility index (Phi) is 4.46. The van der Waals surface area contributed by atoms with Gasteiger partial charge in [-0.1, -0.05) is 0 Å². The summed E-state index contributed by atoms with van der Waals surface area (Å²) >= 11 is 0. The maximum absolute atomic E-state index is 13.4. The molecule has 0 atom stereocenters. The van der Waals surface area contributed by atoms with Crippen LogP contribution in [-0.2, 0) is 4.79 Å². The molecule has 0 aliphatic rings. The summed E-state index contributed by atoms with van der Waals surface area (Å²) in [4.78, 5) is 32.8. The second-order valence-electron chi connectivity index (χ2n) is 5.12. The van der Waals surface area contributed by atoms with Crippen molar-refractivity contribution in [2.45, 2.75) is 25.8 Å². The van der Waals surface area contributed by atoms with Crippen LogP contribution in [0.4, 0.5) is 15.8 Å². The molecular formula is C12H15FN4O4. The van der Waals surface area contributed by atoms with Crippen LogP contribution in [0.15, 0.2) is 12.1 Å². The molecule has 0 aromatic heterocycles. The molecule has 0 heterocycles. The highest BCUT2D eigenvalue weighted by atomic mass is 19.1. The lowest BCUT2D eigenvalue weighted by Crippen LogP contribution is -2.46. The SMILES string of the molecule is CC(C)(CC(N)=O)NC(=O)c1cc(F)cc([N+](=O)[O-])c1N. The molecule has 9 heteroatoms. The number of rotatable bonds is 5. The highest BCUT2D eigenvalue weighted by Gasteiger charge is 2.27. The summed E-state index contributed by atoms with van der Waals surface area (Å²) in [5.74, 6) is -2.44. The van der Waals surface area contributed by atoms with Crippen molar-refractivity contribution in [2.24, 2.45) is 5.73 Å². The van der Waals surface area contributed by atoms with Crippen molar-refractivity contribution in [2.75, 3.05) is 5.73 Å². The number of benzene rings is 1. The molecule has 21 heavy (non-hydrogen) atoms. The van der Waals surface area contributed by atoms with Gasteiger partial charge in [0.15, 0.2) is 0 Å². The van der Waals surface area contributed by atoms with Gasteiger partial charge in [-0.15, -0.1) is 0 Å². The number of amides is 2. The first-order chi connectivity index (χ1) is 9.53. The average molecular weight is 298 g/mol. The van der Waals surface area contributed by atoms with Gasteiger partial charge in [0.05, 0.1) is 16.6 Å². The molecule has 2 amide bonds. The number of halogens is 1. The van der Waals surface area contributed by atoms with Crippen LogP contribution in [0.2, 0.25) is 0 Å². The molecule has 0 radical (unpaired) electrons. The number of nitrogen functional groups attached to an aromatic ring is 1. The maximum atomic E-state index is 13.4. The molecule has 0 aliphatic carbocycles. The molecule has 1 aromatic rings. The van der Waals surface area contributed by atoms with Gasteiger partial charge in [0, 0.05) is 12.0 Å². The van der Waals surface area contributed by atoms with Gasteiger partial charge in [0.2, 0.25) is 5.91 Å². The number of hydrogen-bond donors (Lipinski definition) is 3. The number of carbonyl (C=O) groups excluding carboxylic acids is 2. The van der Waals surface area contributed by atoms with Crippen molar-refractivity contribution in [3.05, 3.63) is 33.6 Å². The largest absolute Gasteiger partial charge is 0.393 e. The Labute approximate surface area is 119 Å². The monoisotopic (exact) mass is 298 g/mol. The Morgan fingerprint density at radius 3 is 2.48 bits per heavy atom. The fourth-order valence-corrected chi connectivity index (χ4v) is 1.80. The molecule has 1 aromatic carbocycles. The first-order valence-corrected chi connectivity index (χ1v) is 5.88. The van der Waals surface area contributed by atoms with Gasteiger partial charge in [-0.05, 0) is 19.9 Å². The summed E-state index contributed by atoms with van der Waals surface area (Å²) in [5, 5.41) is 13.2. The van der Waals surface area contributed by atoms with E-state index in [1.165, 1.54) is 13.8 Å². The third-order valence-electron chi connectivity index (χ3n) is 2.63. The van der Waals surface area contributed by atoms with Crippen molar-refractivity contribution in [3.63, 3.8) is 0 Å². The summed E-state index contributed by atoms with van der Waals surface area (Å²) < 4.78 is 13.4. The van der Waals surface area contributed by atoms with Crippen LogP contribution in [0, 0.1) is 15.9 Å². The number of primary amides is 1. The number of nitro benzene ring substituents is 1. The van der Waals surface area contributed by atoms with Gasteiger partial charge in [-0.2, -0.15) is 0 Å². The van der Waals surface area contributed by atoms with Crippen LogP contribution in [0.1, 0.15) is 30.6 Å². The summed E-state index contributed by atoms with van der Waals surface area (Å²) in [6, 6.07) is 1.42. The lowest BCUT2D eigenvalue weighted by molar-refractivity contribution is -0.384. The fourth-order valence-electron chi connectivity index (χ4n) is 1.80. The minimum absolute atomic E-state index is 0.157. The zero-order valence-corrected chi connectivity index (χ0v) is 11.5. The molecule has 0 bridgehead atoms. The third kappa shape index (κ3) is 4.13. The van der Waals surface area contributed by atoms with Crippen LogP contribution >= 0.6 is 0 Å². The van der Waals surface area contributed by atoms with Gasteiger partial charge in [0.25, 0.3) is 11.6 Å². The second kappa shape index (κ2) is 5.73. The molecule has 0 saturated carbocycles. The second-order valence-corrected chi connectivity index (χ2v) is 5.12. The zero-order valence-electron chi connectivity index (χ0n) is 11.5. The van der Waals surface area contributed by atoms with Gasteiger partial charge in [-0.3, -0.25) is 19.7 Å². The van der Waals surface area contributed by atoms with Crippen molar-refractivity contribution >= 4 is 23.2 Å². The minimum Gasteiger partial charge on any atom is -0.393 e. The van der Waals surface area contributed by atoms with E-state index in [9.17, 15) is 24.1 Å². The average Bonchev–Trinajstić information content (AvgIpc) is 2.28. The Morgan fingerprint density at radius 2 is 2.00 bits per heavy atom. The predicted molar refractivity (Wildman–Crippen MR) is 72.8 cm³/mol. The van der Waals surface area contributed by atoms with E-state index in [1.807, 2.05) is 0 Å². The van der Waals surface area contributed by atoms with Crippen LogP contribution < -0.4 is 16.8 Å². The standard InChI is InChI=1S/C12H15FN4O4/c1-12(2,5-9(14)18)16-11(19)7-3-6(13)4-8(10(7)15)17(20)21/h3-4H,5,15H2,1-2H3,(H2,14,18)(H,16,19). The molecule has 114 valence electrons. The van der Waals surface area contributed by atoms with E-state index in [1.54, 1.807) is 0 Å². The Balaban J connectivity index is 3.14.